The summed E-state index contributed by atoms with van der Waals surface area (Å²) in [7, 11) is 0. The molecular weight excluding hydrogens is 118 g/mol. The lowest BCUT2D eigenvalue weighted by Gasteiger charge is -2.27. The second kappa shape index (κ2) is 2.64. The maximum Gasteiger partial charge on any atom is 0.112 e. The predicted molar refractivity (Wildman–Crippen MR) is 32.8 cm³/mol. The van der Waals surface area contributed by atoms with Gasteiger partial charge in [0.05, 0.1) is 12.7 Å². The van der Waals surface area contributed by atoms with Crippen LogP contribution in [0.15, 0.2) is 0 Å². The van der Waals surface area contributed by atoms with E-state index in [0.29, 0.717) is 0 Å². The van der Waals surface area contributed by atoms with Crippen molar-refractivity contribution in [2.75, 3.05) is 0 Å². The first-order valence-electron chi connectivity index (χ1n) is 2.97. The van der Waals surface area contributed by atoms with E-state index in [4.69, 9.17) is 15.6 Å². The zero-order valence-electron chi connectivity index (χ0n) is 5.32. The minimum atomic E-state index is -0.450. The molecular formula is C6H11NO2. The second-order valence-electron chi connectivity index (χ2n) is 2.28. The molecule has 1 saturated heterocycles. The van der Waals surface area contributed by atoms with Crippen LogP contribution in [-0.4, -0.2) is 17.4 Å². The number of hydrogen-bond acceptors (Lipinski definition) is 3. The van der Waals surface area contributed by atoms with Crippen LogP contribution in [0.25, 0.3) is 0 Å². The van der Waals surface area contributed by atoms with Crippen LogP contribution in [0, 0.1) is 18.9 Å². The molecule has 3 unspecified atom stereocenters. The van der Waals surface area contributed by atoms with Gasteiger partial charge in [-0.05, 0) is 0 Å². The largest absolute Gasteiger partial charge is 0.392 e. The van der Waals surface area contributed by atoms with E-state index in [-0.39, 0.29) is 5.92 Å². The van der Waals surface area contributed by atoms with Gasteiger partial charge in [-0.2, -0.15) is 0 Å². The number of aliphatic hydroxyl groups is 1. The van der Waals surface area contributed by atoms with Crippen molar-refractivity contribution in [2.24, 2.45) is 11.7 Å². The van der Waals surface area contributed by atoms with Crippen molar-refractivity contribution >= 4 is 0 Å². The monoisotopic (exact) mass is 129 g/mol. The molecule has 3 N–H and O–H groups in total. The lowest BCUT2D eigenvalue weighted by Crippen LogP contribution is -2.38. The quantitative estimate of drug-likeness (QED) is 0.470. The molecule has 0 amide bonds. The first kappa shape index (κ1) is 6.99. The molecule has 0 bridgehead atoms. The smallest absolute Gasteiger partial charge is 0.112 e. The lowest BCUT2D eigenvalue weighted by atomic mass is 10.00. The van der Waals surface area contributed by atoms with Gasteiger partial charge in [0, 0.05) is 12.3 Å². The molecule has 1 heterocycles. The second-order valence-corrected chi connectivity index (χ2v) is 2.28. The Balaban J connectivity index is 2.35. The van der Waals surface area contributed by atoms with Gasteiger partial charge >= 0.3 is 0 Å². The van der Waals surface area contributed by atoms with Crippen LogP contribution in [0.4, 0.5) is 0 Å². The number of rotatable bonds is 0. The zero-order valence-corrected chi connectivity index (χ0v) is 5.32. The maximum absolute atomic E-state index is 9.10. The fourth-order valence-corrected chi connectivity index (χ4v) is 0.710. The number of ether oxygens (including phenoxy) is 1. The van der Waals surface area contributed by atoms with E-state index in [1.807, 2.05) is 6.92 Å². The summed E-state index contributed by atoms with van der Waals surface area (Å²) in [6.45, 7) is 3.43. The van der Waals surface area contributed by atoms with Crippen LogP contribution in [-0.2, 0) is 4.74 Å². The summed E-state index contributed by atoms with van der Waals surface area (Å²) in [5, 5.41) is 9.10. The molecule has 3 atom stereocenters. The minimum Gasteiger partial charge on any atom is -0.392 e. The van der Waals surface area contributed by atoms with Crippen LogP contribution in [0.5, 0.6) is 0 Å². The summed E-state index contributed by atoms with van der Waals surface area (Å²) < 4.78 is 4.90. The Labute approximate surface area is 54.8 Å². The number of nitrogens with two attached hydrogens (primary N) is 1. The van der Waals surface area contributed by atoms with Gasteiger partial charge in [0.25, 0.3) is 0 Å². The highest BCUT2D eigenvalue weighted by Crippen LogP contribution is 2.18. The Morgan fingerprint density at radius 2 is 2.33 bits per heavy atom. The topological polar surface area (TPSA) is 55.5 Å². The van der Waals surface area contributed by atoms with Crippen LogP contribution in [0.1, 0.15) is 6.92 Å². The fraction of sp³-hybridized carbons (Fsp3) is 0.667. The van der Waals surface area contributed by atoms with E-state index in [9.17, 15) is 0 Å². The summed E-state index contributed by atoms with van der Waals surface area (Å²) in [5.41, 5.74) is 5.32. The van der Waals surface area contributed by atoms with E-state index in [1.165, 1.54) is 0 Å². The Morgan fingerprint density at radius 1 is 1.67 bits per heavy atom. The summed E-state index contributed by atoms with van der Waals surface area (Å²) in [4.78, 5) is 0. The van der Waals surface area contributed by atoms with Crippen molar-refractivity contribution in [3.63, 3.8) is 0 Å². The zero-order chi connectivity index (χ0) is 6.85. The summed E-state index contributed by atoms with van der Waals surface area (Å²) in [6.07, 6.45) is 0.690. The molecule has 3 nitrogen and oxygen atoms in total. The maximum atomic E-state index is 9.10. The van der Waals surface area contributed by atoms with Gasteiger partial charge in [-0.15, -0.1) is 0 Å². The van der Waals surface area contributed by atoms with Gasteiger partial charge in [-0.25, -0.2) is 0 Å². The van der Waals surface area contributed by atoms with Crippen molar-refractivity contribution < 1.29 is 9.84 Å². The number of aliphatic hydroxyl groups excluding tert-OH is 1. The molecule has 1 aliphatic rings. The molecule has 0 aromatic rings. The minimum absolute atomic E-state index is 0.0600. The van der Waals surface area contributed by atoms with Crippen molar-refractivity contribution in [2.45, 2.75) is 19.3 Å². The molecule has 0 saturated carbocycles. The van der Waals surface area contributed by atoms with Gasteiger partial charge in [0.1, 0.15) is 6.23 Å². The molecule has 9 heavy (non-hydrogen) atoms. The summed E-state index contributed by atoms with van der Waals surface area (Å²) in [5.74, 6) is 0.0600. The molecule has 0 aromatic heterocycles. The molecule has 3 heteroatoms. The molecule has 0 aromatic carbocycles. The molecule has 2 radical (unpaired) electrons. The molecule has 1 fully saturated rings. The lowest BCUT2D eigenvalue weighted by molar-refractivity contribution is 0.00932. The Hall–Kier alpha value is -0.120. The molecule has 1 rings (SSSR count). The molecule has 0 aliphatic carbocycles. The van der Waals surface area contributed by atoms with E-state index >= 15 is 0 Å². The van der Waals surface area contributed by atoms with Crippen molar-refractivity contribution in [1.82, 2.24) is 0 Å². The first-order chi connectivity index (χ1) is 4.20. The fourth-order valence-electron chi connectivity index (χ4n) is 0.710. The molecule has 0 spiro atoms. The Bertz CT molecular complexity index is 97.1. The third-order valence-corrected chi connectivity index (χ3v) is 1.38. The van der Waals surface area contributed by atoms with E-state index in [1.54, 1.807) is 13.0 Å². The normalized spacial score (nSPS) is 45.0. The Morgan fingerprint density at radius 3 is 2.78 bits per heavy atom. The van der Waals surface area contributed by atoms with Gasteiger partial charge < -0.3 is 15.6 Å². The van der Waals surface area contributed by atoms with Gasteiger partial charge in [0.2, 0.25) is 0 Å². The van der Waals surface area contributed by atoms with Crippen LogP contribution in [0.3, 0.4) is 0 Å². The van der Waals surface area contributed by atoms with E-state index in [0.717, 1.165) is 0 Å². The molecule has 52 valence electrons. The highest BCUT2D eigenvalue weighted by molar-refractivity contribution is 4.92. The van der Waals surface area contributed by atoms with E-state index < -0.39 is 12.3 Å². The van der Waals surface area contributed by atoms with Crippen molar-refractivity contribution in [3.8, 4) is 0 Å². The highest BCUT2D eigenvalue weighted by atomic mass is 16.5. The van der Waals surface area contributed by atoms with Gasteiger partial charge in [0.15, 0.2) is 0 Å². The molecule has 1 aliphatic heterocycles. The van der Waals surface area contributed by atoms with Crippen molar-refractivity contribution in [1.29, 1.82) is 0 Å². The predicted octanol–water partition coefficient (Wildman–Crippen LogP) is -0.336. The summed E-state index contributed by atoms with van der Waals surface area (Å²) in [6, 6.07) is 0. The van der Waals surface area contributed by atoms with Crippen LogP contribution >= 0.6 is 0 Å². The van der Waals surface area contributed by atoms with E-state index in [2.05, 4.69) is 0 Å². The van der Waals surface area contributed by atoms with Crippen molar-refractivity contribution in [3.05, 3.63) is 13.0 Å². The third kappa shape index (κ3) is 1.64. The Kier molecular flexibility index (Phi) is 2.05. The van der Waals surface area contributed by atoms with Crippen LogP contribution < -0.4 is 5.73 Å². The van der Waals surface area contributed by atoms with Crippen LogP contribution in [0.2, 0.25) is 0 Å². The average Bonchev–Trinajstić information content (AvgIpc) is 1.80. The first-order valence-corrected chi connectivity index (χ1v) is 2.97. The summed E-state index contributed by atoms with van der Waals surface area (Å²) >= 11 is 0. The van der Waals surface area contributed by atoms with Gasteiger partial charge in [-0.3, -0.25) is 0 Å². The SMILES string of the molecule is CC1[CH]OC(N)[CH]C1O. The standard InChI is InChI=1S/C6H11NO2/c1-4-3-9-6(7)2-5(4)8/h2-6,8H,7H2,1H3. The van der Waals surface area contributed by atoms with Gasteiger partial charge in [-0.1, -0.05) is 6.92 Å². The third-order valence-electron chi connectivity index (χ3n) is 1.38. The highest BCUT2D eigenvalue weighted by Gasteiger charge is 2.24. The average molecular weight is 129 g/mol. The number of hydrogen-bond donors (Lipinski definition) is 2.